The van der Waals surface area contributed by atoms with Crippen LogP contribution in [-0.4, -0.2) is 23.1 Å². The van der Waals surface area contributed by atoms with Crippen LogP contribution in [0.15, 0.2) is 59.5 Å². The SMILES string of the molecule is CC(C)Oc1ccc2ccccc2c1/C=C1/SC(=S)N(c2ccc3c(c2)OCO3)C1=O. The average Bonchev–Trinajstić information content (AvgIpc) is 3.32. The molecule has 0 N–H and O–H groups in total. The number of amides is 1. The minimum Gasteiger partial charge on any atom is -0.490 e. The van der Waals surface area contributed by atoms with Crippen LogP contribution in [0, 0.1) is 0 Å². The van der Waals surface area contributed by atoms with E-state index in [4.69, 9.17) is 26.4 Å². The molecular formula is C24H19NO4S2. The quantitative estimate of drug-likeness (QED) is 0.373. The van der Waals surface area contributed by atoms with E-state index in [1.54, 1.807) is 12.1 Å². The summed E-state index contributed by atoms with van der Waals surface area (Å²) in [6, 6.07) is 17.4. The largest absolute Gasteiger partial charge is 0.490 e. The first-order valence-electron chi connectivity index (χ1n) is 9.87. The van der Waals surface area contributed by atoms with Crippen LogP contribution < -0.4 is 19.1 Å². The summed E-state index contributed by atoms with van der Waals surface area (Å²) in [4.78, 5) is 15.4. The van der Waals surface area contributed by atoms with E-state index in [9.17, 15) is 4.79 Å². The molecule has 0 unspecified atom stereocenters. The topological polar surface area (TPSA) is 48.0 Å². The van der Waals surface area contributed by atoms with Gasteiger partial charge >= 0.3 is 0 Å². The third-order valence-corrected chi connectivity index (χ3v) is 6.28. The monoisotopic (exact) mass is 449 g/mol. The second-order valence-corrected chi connectivity index (χ2v) is 9.10. The zero-order valence-corrected chi connectivity index (χ0v) is 18.6. The van der Waals surface area contributed by atoms with Crippen molar-refractivity contribution in [2.75, 3.05) is 11.7 Å². The number of hydrogen-bond donors (Lipinski definition) is 0. The number of anilines is 1. The smallest absolute Gasteiger partial charge is 0.270 e. The standard InChI is InChI=1S/C24H19NO4S2/c1-14(2)29-19-9-7-15-5-3-4-6-17(15)18(19)12-22-23(26)25(24(30)31-22)16-8-10-20-21(11-16)28-13-27-20/h3-12,14H,13H2,1-2H3/b22-12+. The zero-order valence-electron chi connectivity index (χ0n) is 17.0. The minimum atomic E-state index is -0.169. The van der Waals surface area contributed by atoms with E-state index < -0.39 is 0 Å². The fraction of sp³-hybridized carbons (Fsp3) is 0.167. The Bertz CT molecular complexity index is 1250. The molecule has 0 bridgehead atoms. The molecule has 156 valence electrons. The lowest BCUT2D eigenvalue weighted by Gasteiger charge is -2.16. The van der Waals surface area contributed by atoms with Crippen LogP contribution in [0.3, 0.4) is 0 Å². The Morgan fingerprint density at radius 3 is 2.74 bits per heavy atom. The van der Waals surface area contributed by atoms with Gasteiger partial charge in [-0.05, 0) is 48.9 Å². The fourth-order valence-electron chi connectivity index (χ4n) is 3.63. The van der Waals surface area contributed by atoms with E-state index in [0.717, 1.165) is 22.1 Å². The third kappa shape index (κ3) is 3.64. The van der Waals surface area contributed by atoms with E-state index in [1.165, 1.54) is 16.7 Å². The van der Waals surface area contributed by atoms with Crippen LogP contribution in [0.5, 0.6) is 17.2 Å². The summed E-state index contributed by atoms with van der Waals surface area (Å²) in [5.74, 6) is 1.84. The van der Waals surface area contributed by atoms with Crippen LogP contribution in [0.2, 0.25) is 0 Å². The van der Waals surface area contributed by atoms with Crippen molar-refractivity contribution >= 4 is 56.7 Å². The maximum absolute atomic E-state index is 13.3. The molecule has 31 heavy (non-hydrogen) atoms. The van der Waals surface area contributed by atoms with E-state index in [-0.39, 0.29) is 18.8 Å². The summed E-state index contributed by atoms with van der Waals surface area (Å²) in [5, 5.41) is 2.10. The number of ether oxygens (including phenoxy) is 3. The summed E-state index contributed by atoms with van der Waals surface area (Å²) in [5.41, 5.74) is 1.53. The number of benzene rings is 3. The zero-order chi connectivity index (χ0) is 21.5. The molecule has 2 aliphatic heterocycles. The molecule has 1 amide bonds. The predicted molar refractivity (Wildman–Crippen MR) is 128 cm³/mol. The van der Waals surface area contributed by atoms with E-state index in [1.807, 2.05) is 62.4 Å². The third-order valence-electron chi connectivity index (χ3n) is 4.98. The summed E-state index contributed by atoms with van der Waals surface area (Å²) < 4.78 is 17.3. The number of thioether (sulfide) groups is 1. The Hall–Kier alpha value is -3.03. The van der Waals surface area contributed by atoms with Gasteiger partial charge in [-0.25, -0.2) is 0 Å². The van der Waals surface area contributed by atoms with Crippen molar-refractivity contribution in [3.8, 4) is 17.2 Å². The van der Waals surface area contributed by atoms with Crippen LogP contribution in [0.25, 0.3) is 16.8 Å². The van der Waals surface area contributed by atoms with Crippen LogP contribution in [-0.2, 0) is 4.79 Å². The van der Waals surface area contributed by atoms with Crippen LogP contribution in [0.1, 0.15) is 19.4 Å². The van der Waals surface area contributed by atoms with Crippen molar-refractivity contribution in [2.24, 2.45) is 0 Å². The first kappa shape index (κ1) is 19.9. The van der Waals surface area contributed by atoms with Crippen molar-refractivity contribution in [3.05, 3.63) is 65.1 Å². The maximum Gasteiger partial charge on any atom is 0.270 e. The van der Waals surface area contributed by atoms with Gasteiger partial charge in [0.15, 0.2) is 15.8 Å². The molecule has 2 aliphatic rings. The summed E-state index contributed by atoms with van der Waals surface area (Å²) in [6.45, 7) is 4.15. The molecule has 0 radical (unpaired) electrons. The lowest BCUT2D eigenvalue weighted by atomic mass is 10.0. The number of fused-ring (bicyclic) bond motifs is 2. The molecule has 5 nitrogen and oxygen atoms in total. The molecule has 2 heterocycles. The average molecular weight is 450 g/mol. The van der Waals surface area contributed by atoms with Gasteiger partial charge in [0.1, 0.15) is 5.75 Å². The van der Waals surface area contributed by atoms with Crippen molar-refractivity contribution in [1.29, 1.82) is 0 Å². The number of rotatable bonds is 4. The van der Waals surface area contributed by atoms with Gasteiger partial charge in [0, 0.05) is 11.6 Å². The van der Waals surface area contributed by atoms with Gasteiger partial charge in [-0.15, -0.1) is 0 Å². The molecule has 3 aromatic rings. The summed E-state index contributed by atoms with van der Waals surface area (Å²) in [7, 11) is 0. The highest BCUT2D eigenvalue weighted by molar-refractivity contribution is 8.27. The second-order valence-electron chi connectivity index (χ2n) is 7.42. The first-order valence-corrected chi connectivity index (χ1v) is 11.1. The molecule has 0 saturated carbocycles. The molecule has 0 spiro atoms. The summed E-state index contributed by atoms with van der Waals surface area (Å²) >= 11 is 6.83. The van der Waals surface area contributed by atoms with E-state index >= 15 is 0 Å². The predicted octanol–water partition coefficient (Wildman–Crippen LogP) is 5.76. The highest BCUT2D eigenvalue weighted by Crippen LogP contribution is 2.42. The summed E-state index contributed by atoms with van der Waals surface area (Å²) in [6.07, 6.45) is 1.89. The number of carbonyl (C=O) groups is 1. The lowest BCUT2D eigenvalue weighted by Crippen LogP contribution is -2.27. The van der Waals surface area contributed by atoms with Gasteiger partial charge in [-0.1, -0.05) is 54.3 Å². The molecule has 7 heteroatoms. The van der Waals surface area contributed by atoms with Crippen molar-refractivity contribution < 1.29 is 19.0 Å². The molecular weight excluding hydrogens is 430 g/mol. The fourth-order valence-corrected chi connectivity index (χ4v) is 4.91. The Morgan fingerprint density at radius 1 is 1.10 bits per heavy atom. The van der Waals surface area contributed by atoms with Crippen LogP contribution >= 0.6 is 24.0 Å². The second kappa shape index (κ2) is 7.90. The molecule has 0 atom stereocenters. The Kier molecular flexibility index (Phi) is 5.08. The Morgan fingerprint density at radius 2 is 1.90 bits per heavy atom. The normalized spacial score (nSPS) is 16.7. The highest BCUT2D eigenvalue weighted by Gasteiger charge is 2.34. The van der Waals surface area contributed by atoms with E-state index in [0.29, 0.717) is 26.4 Å². The van der Waals surface area contributed by atoms with Crippen molar-refractivity contribution in [2.45, 2.75) is 20.0 Å². The minimum absolute atomic E-state index is 0.0106. The number of thiocarbonyl (C=S) groups is 1. The van der Waals surface area contributed by atoms with Gasteiger partial charge in [0.05, 0.1) is 16.7 Å². The molecule has 0 aromatic heterocycles. The molecule has 5 rings (SSSR count). The first-order chi connectivity index (χ1) is 15.0. The highest BCUT2D eigenvalue weighted by atomic mass is 32.2. The lowest BCUT2D eigenvalue weighted by molar-refractivity contribution is -0.113. The van der Waals surface area contributed by atoms with Gasteiger partial charge in [0.25, 0.3) is 5.91 Å². The maximum atomic E-state index is 13.3. The number of hydrogen-bond acceptors (Lipinski definition) is 6. The van der Waals surface area contributed by atoms with Gasteiger partial charge < -0.3 is 14.2 Å². The molecule has 1 fully saturated rings. The van der Waals surface area contributed by atoms with Gasteiger partial charge in [-0.2, -0.15) is 0 Å². The number of carbonyl (C=O) groups excluding carboxylic acids is 1. The van der Waals surface area contributed by atoms with Gasteiger partial charge in [-0.3, -0.25) is 9.69 Å². The van der Waals surface area contributed by atoms with Crippen LogP contribution in [0.4, 0.5) is 5.69 Å². The Balaban J connectivity index is 1.57. The van der Waals surface area contributed by atoms with Crippen molar-refractivity contribution in [3.63, 3.8) is 0 Å². The molecule has 0 aliphatic carbocycles. The van der Waals surface area contributed by atoms with E-state index in [2.05, 4.69) is 0 Å². The number of nitrogens with zero attached hydrogens (tertiary/aromatic N) is 1. The Labute approximate surface area is 189 Å². The van der Waals surface area contributed by atoms with Crippen molar-refractivity contribution in [1.82, 2.24) is 0 Å². The molecule has 3 aromatic carbocycles. The van der Waals surface area contributed by atoms with Gasteiger partial charge in [0.2, 0.25) is 6.79 Å². The molecule has 1 saturated heterocycles.